The molecule has 0 saturated heterocycles. The Labute approximate surface area is 261 Å². The molecule has 5 rings (SSSR count). The molecular formula is C35H32N4O6. The van der Waals surface area contributed by atoms with Gasteiger partial charge in [-0.2, -0.15) is 10.4 Å². The lowest BCUT2D eigenvalue weighted by Gasteiger charge is -2.15. The van der Waals surface area contributed by atoms with Gasteiger partial charge < -0.3 is 27.9 Å². The average molecular weight is 605 g/mol. The number of rotatable bonds is 12. The normalized spacial score (nSPS) is 10.8. The highest BCUT2D eigenvalue weighted by atomic mass is 16.5. The molecule has 5 aromatic rings. The number of nitrogens with zero attached hydrogens (tertiary/aromatic N) is 3. The number of furan rings is 1. The van der Waals surface area contributed by atoms with Gasteiger partial charge in [0.15, 0.2) is 17.3 Å². The van der Waals surface area contributed by atoms with Crippen molar-refractivity contribution in [2.45, 2.75) is 27.1 Å². The quantitative estimate of drug-likeness (QED) is 0.128. The minimum Gasteiger partial charge on any atom is -0.493 e. The van der Waals surface area contributed by atoms with Crippen molar-refractivity contribution < 1.29 is 28.2 Å². The van der Waals surface area contributed by atoms with Crippen molar-refractivity contribution >= 4 is 12.1 Å². The van der Waals surface area contributed by atoms with Gasteiger partial charge in [-0.1, -0.05) is 18.2 Å². The van der Waals surface area contributed by atoms with E-state index in [0.29, 0.717) is 39.9 Å². The van der Waals surface area contributed by atoms with E-state index in [0.717, 1.165) is 22.6 Å². The minimum absolute atomic E-state index is 0.0937. The maximum Gasteiger partial charge on any atom is 0.307 e. The number of hydrogen-bond donors (Lipinski definition) is 1. The van der Waals surface area contributed by atoms with E-state index in [1.54, 1.807) is 36.4 Å². The summed E-state index contributed by atoms with van der Waals surface area (Å²) in [5, 5.41) is 13.4. The minimum atomic E-state index is -0.519. The predicted molar refractivity (Wildman–Crippen MR) is 168 cm³/mol. The van der Waals surface area contributed by atoms with Crippen molar-refractivity contribution in [3.63, 3.8) is 0 Å². The zero-order valence-electron chi connectivity index (χ0n) is 25.4. The SMILES string of the molecule is COc1cc(/C=N/NC(=O)c2ccc(COc3ccc(-n4c(C)ccc4C)cc3)o2)cc(OC)c1OCc1ccccc1C#N. The highest BCUT2D eigenvalue weighted by Gasteiger charge is 2.16. The third-order valence-corrected chi connectivity index (χ3v) is 7.01. The van der Waals surface area contributed by atoms with E-state index in [2.05, 4.69) is 47.1 Å². The molecule has 10 nitrogen and oxygen atoms in total. The van der Waals surface area contributed by atoms with Crippen molar-refractivity contribution in [2.24, 2.45) is 5.10 Å². The van der Waals surface area contributed by atoms with Gasteiger partial charge in [0, 0.05) is 28.2 Å². The van der Waals surface area contributed by atoms with Crippen molar-refractivity contribution in [3.8, 4) is 34.8 Å². The molecule has 228 valence electrons. The standard InChI is InChI=1S/C35H32N4O6/c1-23-9-10-24(2)39(23)28-11-13-29(14-12-28)43-22-30-15-16-31(45-30)35(40)38-37-20-25-17-32(41-3)34(33(18-25)42-4)44-21-27-8-6-5-7-26(27)19-36/h5-18,20H,21-22H2,1-4H3,(H,38,40)/b37-20+. The monoisotopic (exact) mass is 604 g/mol. The van der Waals surface area contributed by atoms with Crippen LogP contribution in [-0.2, 0) is 13.2 Å². The van der Waals surface area contributed by atoms with E-state index in [4.69, 9.17) is 23.4 Å². The molecule has 1 amide bonds. The number of aromatic nitrogens is 1. The largest absolute Gasteiger partial charge is 0.493 e. The molecule has 45 heavy (non-hydrogen) atoms. The Morgan fingerprint density at radius 1 is 0.911 bits per heavy atom. The molecule has 1 N–H and O–H groups in total. The van der Waals surface area contributed by atoms with Crippen LogP contribution in [0.5, 0.6) is 23.0 Å². The molecule has 0 aliphatic rings. The van der Waals surface area contributed by atoms with Gasteiger partial charge in [-0.15, -0.1) is 0 Å². The van der Waals surface area contributed by atoms with Crippen LogP contribution in [-0.4, -0.2) is 30.9 Å². The number of methoxy groups -OCH3 is 2. The van der Waals surface area contributed by atoms with Crippen molar-refractivity contribution in [1.29, 1.82) is 5.26 Å². The summed E-state index contributed by atoms with van der Waals surface area (Å²) in [6, 6.07) is 27.9. The van der Waals surface area contributed by atoms with Crippen LogP contribution in [0.2, 0.25) is 0 Å². The van der Waals surface area contributed by atoms with Gasteiger partial charge in [-0.25, -0.2) is 5.43 Å². The van der Waals surface area contributed by atoms with Crippen LogP contribution in [0, 0.1) is 25.2 Å². The van der Waals surface area contributed by atoms with Crippen molar-refractivity contribution in [1.82, 2.24) is 9.99 Å². The number of carbonyl (C=O) groups is 1. The molecule has 0 aliphatic carbocycles. The Morgan fingerprint density at radius 2 is 1.60 bits per heavy atom. The van der Waals surface area contributed by atoms with E-state index in [-0.39, 0.29) is 19.0 Å². The second-order valence-electron chi connectivity index (χ2n) is 10.0. The van der Waals surface area contributed by atoms with Gasteiger partial charge in [-0.05, 0) is 80.6 Å². The van der Waals surface area contributed by atoms with Crippen LogP contribution in [0.4, 0.5) is 0 Å². The molecule has 2 aromatic heterocycles. The van der Waals surface area contributed by atoms with Crippen molar-refractivity contribution in [2.75, 3.05) is 14.2 Å². The number of aryl methyl sites for hydroxylation is 2. The number of nitrogens with one attached hydrogen (secondary N) is 1. The fourth-order valence-electron chi connectivity index (χ4n) is 4.74. The summed E-state index contributed by atoms with van der Waals surface area (Å²) in [6.07, 6.45) is 1.45. The first kappa shape index (κ1) is 30.5. The van der Waals surface area contributed by atoms with Crippen LogP contribution < -0.4 is 24.4 Å². The Kier molecular flexibility index (Phi) is 9.50. The first-order valence-electron chi connectivity index (χ1n) is 14.1. The van der Waals surface area contributed by atoms with Gasteiger partial charge in [0.1, 0.15) is 24.7 Å². The van der Waals surface area contributed by atoms with E-state index in [1.807, 2.05) is 36.4 Å². The lowest BCUT2D eigenvalue weighted by molar-refractivity contribution is 0.0923. The molecule has 0 spiro atoms. The molecule has 0 atom stereocenters. The van der Waals surface area contributed by atoms with Gasteiger partial charge in [0.25, 0.3) is 0 Å². The molecule has 0 fully saturated rings. The third-order valence-electron chi connectivity index (χ3n) is 7.01. The lowest BCUT2D eigenvalue weighted by atomic mass is 10.1. The lowest BCUT2D eigenvalue weighted by Crippen LogP contribution is -2.16. The number of hydrogen-bond acceptors (Lipinski definition) is 8. The van der Waals surface area contributed by atoms with Gasteiger partial charge in [-0.3, -0.25) is 4.79 Å². The number of carbonyl (C=O) groups excluding carboxylic acids is 1. The molecule has 0 aliphatic heterocycles. The highest BCUT2D eigenvalue weighted by Crippen LogP contribution is 2.39. The van der Waals surface area contributed by atoms with E-state index in [9.17, 15) is 10.1 Å². The molecular weight excluding hydrogens is 572 g/mol. The Bertz CT molecular complexity index is 1820. The second-order valence-corrected chi connectivity index (χ2v) is 10.0. The smallest absolute Gasteiger partial charge is 0.307 e. The fraction of sp³-hybridized carbons (Fsp3) is 0.171. The maximum absolute atomic E-state index is 12.6. The van der Waals surface area contributed by atoms with Crippen LogP contribution in [0.15, 0.2) is 94.4 Å². The van der Waals surface area contributed by atoms with Crippen LogP contribution in [0.3, 0.4) is 0 Å². The van der Waals surface area contributed by atoms with E-state index >= 15 is 0 Å². The summed E-state index contributed by atoms with van der Waals surface area (Å²) in [6.45, 7) is 4.44. The summed E-state index contributed by atoms with van der Waals surface area (Å²) in [5.74, 6) is 1.93. The van der Waals surface area contributed by atoms with E-state index < -0.39 is 5.91 Å². The first-order valence-corrected chi connectivity index (χ1v) is 14.1. The molecule has 3 aromatic carbocycles. The number of amides is 1. The molecule has 0 radical (unpaired) electrons. The summed E-state index contributed by atoms with van der Waals surface area (Å²) in [4.78, 5) is 12.6. The van der Waals surface area contributed by atoms with Crippen LogP contribution >= 0.6 is 0 Å². The van der Waals surface area contributed by atoms with Gasteiger partial charge in [0.05, 0.1) is 32.1 Å². The van der Waals surface area contributed by atoms with Gasteiger partial charge >= 0.3 is 5.91 Å². The summed E-state index contributed by atoms with van der Waals surface area (Å²) in [5.41, 5.74) is 7.68. The second kappa shape index (κ2) is 14.0. The zero-order chi connectivity index (χ0) is 31.8. The maximum atomic E-state index is 12.6. The summed E-state index contributed by atoms with van der Waals surface area (Å²) in [7, 11) is 3.01. The Morgan fingerprint density at radius 3 is 2.27 bits per heavy atom. The molecule has 0 unspecified atom stereocenters. The zero-order valence-corrected chi connectivity index (χ0v) is 25.4. The Balaban J connectivity index is 1.17. The third kappa shape index (κ3) is 7.17. The van der Waals surface area contributed by atoms with Crippen molar-refractivity contribution in [3.05, 3.63) is 125 Å². The summed E-state index contributed by atoms with van der Waals surface area (Å²) < 4.78 is 30.7. The summed E-state index contributed by atoms with van der Waals surface area (Å²) >= 11 is 0. The highest BCUT2D eigenvalue weighted by molar-refractivity contribution is 5.92. The van der Waals surface area contributed by atoms with Gasteiger partial charge in [0.2, 0.25) is 5.75 Å². The number of ether oxygens (including phenoxy) is 4. The topological polar surface area (TPSA) is 120 Å². The first-order chi connectivity index (χ1) is 21.9. The molecule has 10 heteroatoms. The molecule has 0 saturated carbocycles. The molecule has 2 heterocycles. The Hall–Kier alpha value is -5.95. The van der Waals surface area contributed by atoms with E-state index in [1.165, 1.54) is 20.4 Å². The number of nitriles is 1. The predicted octanol–water partition coefficient (Wildman–Crippen LogP) is 6.50. The van der Waals surface area contributed by atoms with Crippen LogP contribution in [0.25, 0.3) is 5.69 Å². The number of hydrazone groups is 1. The number of benzene rings is 3. The van der Waals surface area contributed by atoms with Crippen LogP contribution in [0.1, 0.15) is 44.4 Å². The molecule has 0 bridgehead atoms. The average Bonchev–Trinajstić information content (AvgIpc) is 3.68. The fourth-order valence-corrected chi connectivity index (χ4v) is 4.74.